The first kappa shape index (κ1) is 13.4. The normalized spacial score (nSPS) is 10.5. The van der Waals surface area contributed by atoms with E-state index in [-0.39, 0.29) is 12.5 Å². The van der Waals surface area contributed by atoms with E-state index in [1.54, 1.807) is 12.1 Å². The van der Waals surface area contributed by atoms with E-state index < -0.39 is 0 Å². The van der Waals surface area contributed by atoms with Crippen molar-refractivity contribution in [1.82, 2.24) is 20.4 Å². The highest BCUT2D eigenvalue weighted by Gasteiger charge is 2.11. The maximum Gasteiger partial charge on any atom is 0.253 e. The summed E-state index contributed by atoms with van der Waals surface area (Å²) in [7, 11) is 0. The average molecular weight is 300 g/mol. The molecule has 0 bridgehead atoms. The largest absolute Gasteiger partial charge is 0.343 e. The third-order valence-corrected chi connectivity index (χ3v) is 3.65. The zero-order chi connectivity index (χ0) is 14.7. The van der Waals surface area contributed by atoms with E-state index >= 15 is 0 Å². The molecule has 0 aliphatic heterocycles. The van der Waals surface area contributed by atoms with Gasteiger partial charge in [-0.05, 0) is 30.5 Å². The molecule has 0 unspecified atom stereocenters. The van der Waals surface area contributed by atoms with Crippen molar-refractivity contribution in [2.45, 2.75) is 13.5 Å². The first-order valence-electron chi connectivity index (χ1n) is 6.30. The van der Waals surface area contributed by atoms with Crippen molar-refractivity contribution in [3.05, 3.63) is 53.0 Å². The van der Waals surface area contributed by atoms with Gasteiger partial charge in [-0.1, -0.05) is 11.2 Å². The SMILES string of the molecule is Cc1ccc(C(=O)NCc2nc(-c3cccs3)no2)cn1. The van der Waals surface area contributed by atoms with Crippen molar-refractivity contribution in [2.24, 2.45) is 0 Å². The summed E-state index contributed by atoms with van der Waals surface area (Å²) in [6.45, 7) is 2.05. The van der Waals surface area contributed by atoms with Gasteiger partial charge in [-0.25, -0.2) is 0 Å². The standard InChI is InChI=1S/C14H12N4O2S/c1-9-4-5-10(7-15-9)14(19)16-8-12-17-13(18-20-12)11-3-2-6-21-11/h2-7H,8H2,1H3,(H,16,19). The molecule has 106 valence electrons. The number of aryl methyl sites for hydroxylation is 1. The van der Waals surface area contributed by atoms with E-state index in [4.69, 9.17) is 4.52 Å². The maximum absolute atomic E-state index is 11.9. The Morgan fingerprint density at radius 3 is 3.00 bits per heavy atom. The topological polar surface area (TPSA) is 80.9 Å². The molecule has 0 saturated heterocycles. The molecule has 0 radical (unpaired) electrons. The molecule has 0 aromatic carbocycles. The van der Waals surface area contributed by atoms with Crippen LogP contribution in [0.25, 0.3) is 10.7 Å². The highest BCUT2D eigenvalue weighted by atomic mass is 32.1. The van der Waals surface area contributed by atoms with Gasteiger partial charge in [0.25, 0.3) is 5.91 Å². The Kier molecular flexibility index (Phi) is 3.74. The van der Waals surface area contributed by atoms with E-state index in [2.05, 4.69) is 20.4 Å². The van der Waals surface area contributed by atoms with Crippen LogP contribution in [0.4, 0.5) is 0 Å². The predicted molar refractivity (Wildman–Crippen MR) is 77.8 cm³/mol. The van der Waals surface area contributed by atoms with E-state index in [9.17, 15) is 4.79 Å². The summed E-state index contributed by atoms with van der Waals surface area (Å²) in [5, 5.41) is 8.55. The van der Waals surface area contributed by atoms with Crippen LogP contribution in [0.1, 0.15) is 21.9 Å². The number of carbonyl (C=O) groups is 1. The lowest BCUT2D eigenvalue weighted by molar-refractivity contribution is 0.0946. The quantitative estimate of drug-likeness (QED) is 0.800. The van der Waals surface area contributed by atoms with Crippen LogP contribution < -0.4 is 5.32 Å². The van der Waals surface area contributed by atoms with Crippen LogP contribution in [0.2, 0.25) is 0 Å². The summed E-state index contributed by atoms with van der Waals surface area (Å²) < 4.78 is 5.11. The fourth-order valence-corrected chi connectivity index (χ4v) is 2.34. The molecule has 3 heterocycles. The van der Waals surface area contributed by atoms with Gasteiger partial charge in [0.2, 0.25) is 11.7 Å². The molecule has 0 spiro atoms. The van der Waals surface area contributed by atoms with Gasteiger partial charge in [-0.2, -0.15) is 4.98 Å². The van der Waals surface area contributed by atoms with Crippen LogP contribution in [0.3, 0.4) is 0 Å². The zero-order valence-corrected chi connectivity index (χ0v) is 12.1. The number of hydrogen-bond acceptors (Lipinski definition) is 6. The lowest BCUT2D eigenvalue weighted by atomic mass is 10.2. The van der Waals surface area contributed by atoms with Crippen molar-refractivity contribution in [1.29, 1.82) is 0 Å². The molecular formula is C14H12N4O2S. The number of aromatic nitrogens is 3. The fourth-order valence-electron chi connectivity index (χ4n) is 1.69. The van der Waals surface area contributed by atoms with Crippen LogP contribution in [0.15, 0.2) is 40.4 Å². The average Bonchev–Trinajstić information content (AvgIpc) is 3.16. The summed E-state index contributed by atoms with van der Waals surface area (Å²) >= 11 is 1.53. The van der Waals surface area contributed by atoms with Gasteiger partial charge in [0, 0.05) is 11.9 Å². The Labute approximate surface area is 124 Å². The van der Waals surface area contributed by atoms with Crippen LogP contribution in [-0.4, -0.2) is 21.0 Å². The van der Waals surface area contributed by atoms with Gasteiger partial charge in [-0.15, -0.1) is 11.3 Å². The highest BCUT2D eigenvalue weighted by Crippen LogP contribution is 2.21. The van der Waals surface area contributed by atoms with E-state index in [0.29, 0.717) is 17.3 Å². The molecule has 0 saturated carbocycles. The number of hydrogen-bond donors (Lipinski definition) is 1. The lowest BCUT2D eigenvalue weighted by Crippen LogP contribution is -2.23. The van der Waals surface area contributed by atoms with Gasteiger partial charge in [-0.3, -0.25) is 9.78 Å². The third kappa shape index (κ3) is 3.14. The highest BCUT2D eigenvalue weighted by molar-refractivity contribution is 7.13. The Balaban J connectivity index is 1.62. The minimum atomic E-state index is -0.224. The number of pyridine rings is 1. The minimum Gasteiger partial charge on any atom is -0.343 e. The summed E-state index contributed by atoms with van der Waals surface area (Å²) in [5.74, 6) is 0.677. The van der Waals surface area contributed by atoms with Crippen molar-refractivity contribution >= 4 is 17.2 Å². The molecule has 3 rings (SSSR count). The van der Waals surface area contributed by atoms with E-state index in [1.165, 1.54) is 17.5 Å². The molecule has 1 N–H and O–H groups in total. The number of carbonyl (C=O) groups excluding carboxylic acids is 1. The fraction of sp³-hybridized carbons (Fsp3) is 0.143. The maximum atomic E-state index is 11.9. The summed E-state index contributed by atoms with van der Waals surface area (Å²) in [5.41, 5.74) is 1.36. The number of thiophene rings is 1. The first-order chi connectivity index (χ1) is 10.2. The molecule has 6 nitrogen and oxygen atoms in total. The molecular weight excluding hydrogens is 288 g/mol. The van der Waals surface area contributed by atoms with Crippen molar-refractivity contribution in [2.75, 3.05) is 0 Å². The number of rotatable bonds is 4. The van der Waals surface area contributed by atoms with Gasteiger partial charge >= 0.3 is 0 Å². The second-order valence-electron chi connectivity index (χ2n) is 4.36. The van der Waals surface area contributed by atoms with Gasteiger partial charge < -0.3 is 9.84 Å². The van der Waals surface area contributed by atoms with Crippen molar-refractivity contribution < 1.29 is 9.32 Å². The predicted octanol–water partition coefficient (Wildman–Crippen LogP) is 2.43. The molecule has 0 fully saturated rings. The molecule has 3 aromatic heterocycles. The Bertz CT molecular complexity index is 735. The van der Waals surface area contributed by atoms with Crippen molar-refractivity contribution in [3.8, 4) is 10.7 Å². The molecule has 0 aliphatic carbocycles. The van der Waals surface area contributed by atoms with Crippen LogP contribution >= 0.6 is 11.3 Å². The molecule has 0 atom stereocenters. The Morgan fingerprint density at radius 1 is 1.38 bits per heavy atom. The number of nitrogens with one attached hydrogen (secondary N) is 1. The van der Waals surface area contributed by atoms with Crippen molar-refractivity contribution in [3.63, 3.8) is 0 Å². The molecule has 7 heteroatoms. The third-order valence-electron chi connectivity index (χ3n) is 2.78. The van der Waals surface area contributed by atoms with Crippen LogP contribution in [0, 0.1) is 6.92 Å². The Hall–Kier alpha value is -2.54. The molecule has 3 aromatic rings. The number of nitrogens with zero attached hydrogens (tertiary/aromatic N) is 3. The second kappa shape index (κ2) is 5.84. The zero-order valence-electron chi connectivity index (χ0n) is 11.2. The molecule has 0 aliphatic rings. The van der Waals surface area contributed by atoms with Gasteiger partial charge in [0.05, 0.1) is 17.0 Å². The summed E-state index contributed by atoms with van der Waals surface area (Å²) in [6.07, 6.45) is 1.54. The molecule has 1 amide bonds. The number of amides is 1. The molecule has 21 heavy (non-hydrogen) atoms. The monoisotopic (exact) mass is 300 g/mol. The summed E-state index contributed by atoms with van der Waals surface area (Å²) in [6, 6.07) is 7.34. The Morgan fingerprint density at radius 2 is 2.29 bits per heavy atom. The second-order valence-corrected chi connectivity index (χ2v) is 5.31. The van der Waals surface area contributed by atoms with Gasteiger partial charge in [0.1, 0.15) is 0 Å². The smallest absolute Gasteiger partial charge is 0.253 e. The summed E-state index contributed by atoms with van der Waals surface area (Å²) in [4.78, 5) is 21.2. The lowest BCUT2D eigenvalue weighted by Gasteiger charge is -2.01. The van der Waals surface area contributed by atoms with Crippen LogP contribution in [0.5, 0.6) is 0 Å². The van der Waals surface area contributed by atoms with E-state index in [1.807, 2.05) is 24.4 Å². The first-order valence-corrected chi connectivity index (χ1v) is 7.17. The van der Waals surface area contributed by atoms with Gasteiger partial charge in [0.15, 0.2) is 0 Å². The van der Waals surface area contributed by atoms with E-state index in [0.717, 1.165) is 10.6 Å². The minimum absolute atomic E-state index is 0.186. The van der Waals surface area contributed by atoms with Crippen LogP contribution in [-0.2, 0) is 6.54 Å².